The third-order valence-corrected chi connectivity index (χ3v) is 4.92. The second-order valence-electron chi connectivity index (χ2n) is 6.71. The molecule has 0 radical (unpaired) electrons. The van der Waals surface area contributed by atoms with Gasteiger partial charge < -0.3 is 0 Å². The first-order valence-corrected chi connectivity index (χ1v) is 9.38. The van der Waals surface area contributed by atoms with Crippen molar-refractivity contribution in [2.75, 3.05) is 0 Å². The molecular weight excluding hydrogens is 324 g/mol. The Morgan fingerprint density at radius 1 is 0.667 bits per heavy atom. The largest absolute Gasteiger partial charge is 0.0984 e. The van der Waals surface area contributed by atoms with Crippen LogP contribution in [0.4, 0.5) is 0 Å². The molecule has 0 nitrogen and oxygen atoms in total. The van der Waals surface area contributed by atoms with Crippen molar-refractivity contribution in [3.05, 3.63) is 120 Å². The van der Waals surface area contributed by atoms with E-state index in [0.29, 0.717) is 0 Å². The highest BCUT2D eigenvalue weighted by atomic mass is 14.2. The fraction of sp³-hybridized carbons (Fsp3) is 0.111. The van der Waals surface area contributed by atoms with Crippen molar-refractivity contribution >= 4 is 11.1 Å². The Morgan fingerprint density at radius 2 is 1.22 bits per heavy atom. The highest BCUT2D eigenvalue weighted by molar-refractivity contribution is 6.03. The number of allylic oxidation sites excluding steroid dienone is 5. The second kappa shape index (κ2) is 8.51. The van der Waals surface area contributed by atoms with Gasteiger partial charge in [0.25, 0.3) is 0 Å². The minimum Gasteiger partial charge on any atom is -0.0984 e. The van der Waals surface area contributed by atoms with Gasteiger partial charge in [0.15, 0.2) is 0 Å². The van der Waals surface area contributed by atoms with Gasteiger partial charge in [-0.2, -0.15) is 0 Å². The van der Waals surface area contributed by atoms with Crippen LogP contribution in [-0.4, -0.2) is 0 Å². The lowest BCUT2D eigenvalue weighted by atomic mass is 9.87. The smallest absolute Gasteiger partial charge is 0.00992 e. The van der Waals surface area contributed by atoms with Crippen LogP contribution in [0, 0.1) is 13.8 Å². The molecule has 3 aromatic carbocycles. The van der Waals surface area contributed by atoms with Crippen LogP contribution < -0.4 is 0 Å². The molecule has 0 fully saturated rings. The van der Waals surface area contributed by atoms with Gasteiger partial charge in [-0.25, -0.2) is 0 Å². The van der Waals surface area contributed by atoms with Crippen molar-refractivity contribution in [3.8, 4) is 11.1 Å². The Morgan fingerprint density at radius 3 is 1.81 bits per heavy atom. The van der Waals surface area contributed by atoms with E-state index >= 15 is 0 Å². The summed E-state index contributed by atoms with van der Waals surface area (Å²) in [7, 11) is 0. The molecule has 0 N–H and O–H groups in total. The summed E-state index contributed by atoms with van der Waals surface area (Å²) in [5, 5.41) is 0. The Hall–Kier alpha value is -3.12. The molecular formula is C27H26. The van der Waals surface area contributed by atoms with E-state index in [1.165, 1.54) is 39.0 Å². The van der Waals surface area contributed by atoms with Crippen LogP contribution in [0.3, 0.4) is 0 Å². The van der Waals surface area contributed by atoms with E-state index in [4.69, 9.17) is 0 Å². The standard InChI is InChI=1S/C27H26/c1-5-13-25(22(6-2)23-16-9-7-14-20(23)3)27-19-12-11-18-26(27)24-17-10-8-15-21(24)4/h5-19H,2H2,1,3-4H3/b13-5-,25-22-. The summed E-state index contributed by atoms with van der Waals surface area (Å²) >= 11 is 0. The third-order valence-electron chi connectivity index (χ3n) is 4.92. The Labute approximate surface area is 163 Å². The zero-order valence-corrected chi connectivity index (χ0v) is 16.4. The molecule has 0 heteroatoms. The molecule has 3 rings (SSSR count). The van der Waals surface area contributed by atoms with Crippen molar-refractivity contribution in [3.63, 3.8) is 0 Å². The summed E-state index contributed by atoms with van der Waals surface area (Å²) in [6.45, 7) is 10.5. The lowest BCUT2D eigenvalue weighted by molar-refractivity contribution is 1.42. The number of benzene rings is 3. The molecule has 0 bridgehead atoms. The topological polar surface area (TPSA) is 0 Å². The van der Waals surface area contributed by atoms with Crippen LogP contribution in [0.2, 0.25) is 0 Å². The zero-order chi connectivity index (χ0) is 19.2. The van der Waals surface area contributed by atoms with E-state index in [0.717, 1.165) is 5.57 Å². The Balaban J connectivity index is 2.34. The van der Waals surface area contributed by atoms with Crippen LogP contribution in [0.25, 0.3) is 22.3 Å². The van der Waals surface area contributed by atoms with Crippen LogP contribution in [-0.2, 0) is 0 Å². The third kappa shape index (κ3) is 3.85. The van der Waals surface area contributed by atoms with Gasteiger partial charge in [-0.1, -0.05) is 97.6 Å². The van der Waals surface area contributed by atoms with E-state index in [9.17, 15) is 0 Å². The monoisotopic (exact) mass is 350 g/mol. The predicted molar refractivity (Wildman–Crippen MR) is 120 cm³/mol. The lowest BCUT2D eigenvalue weighted by Gasteiger charge is -2.17. The predicted octanol–water partition coefficient (Wildman–Crippen LogP) is 7.64. The number of hydrogen-bond donors (Lipinski definition) is 0. The molecule has 0 atom stereocenters. The average Bonchev–Trinajstić information content (AvgIpc) is 2.70. The Kier molecular flexibility index (Phi) is 5.88. The maximum Gasteiger partial charge on any atom is -0.00992 e. The first-order valence-electron chi connectivity index (χ1n) is 9.38. The summed E-state index contributed by atoms with van der Waals surface area (Å²) in [6.07, 6.45) is 6.28. The van der Waals surface area contributed by atoms with E-state index < -0.39 is 0 Å². The summed E-state index contributed by atoms with van der Waals surface area (Å²) in [6, 6.07) is 25.7. The van der Waals surface area contributed by atoms with Gasteiger partial charge in [-0.15, -0.1) is 0 Å². The Bertz CT molecular complexity index is 1020. The molecule has 0 aliphatic rings. The highest BCUT2D eigenvalue weighted by Crippen LogP contribution is 2.36. The van der Waals surface area contributed by atoms with E-state index in [1.807, 2.05) is 6.08 Å². The molecule has 0 saturated heterocycles. The van der Waals surface area contributed by atoms with E-state index in [2.05, 4.69) is 112 Å². The van der Waals surface area contributed by atoms with Gasteiger partial charge >= 0.3 is 0 Å². The maximum absolute atomic E-state index is 4.14. The number of rotatable bonds is 5. The van der Waals surface area contributed by atoms with Crippen LogP contribution in [0.1, 0.15) is 29.2 Å². The molecule has 0 amide bonds. The molecule has 27 heavy (non-hydrogen) atoms. The van der Waals surface area contributed by atoms with Crippen molar-refractivity contribution in [2.45, 2.75) is 20.8 Å². The molecule has 0 unspecified atom stereocenters. The summed E-state index contributed by atoms with van der Waals surface area (Å²) in [5.74, 6) is 0. The fourth-order valence-electron chi connectivity index (χ4n) is 3.56. The van der Waals surface area contributed by atoms with E-state index in [-0.39, 0.29) is 0 Å². The van der Waals surface area contributed by atoms with Crippen molar-refractivity contribution in [1.82, 2.24) is 0 Å². The first kappa shape index (κ1) is 18.7. The lowest BCUT2D eigenvalue weighted by Crippen LogP contribution is -1.95. The fourth-order valence-corrected chi connectivity index (χ4v) is 3.56. The van der Waals surface area contributed by atoms with Gasteiger partial charge in [0.1, 0.15) is 0 Å². The maximum atomic E-state index is 4.14. The van der Waals surface area contributed by atoms with Gasteiger partial charge in [0, 0.05) is 0 Å². The van der Waals surface area contributed by atoms with Gasteiger partial charge in [-0.3, -0.25) is 0 Å². The summed E-state index contributed by atoms with van der Waals surface area (Å²) in [4.78, 5) is 0. The quantitative estimate of drug-likeness (QED) is 0.327. The molecule has 3 aromatic rings. The van der Waals surface area contributed by atoms with E-state index in [1.54, 1.807) is 0 Å². The van der Waals surface area contributed by atoms with Gasteiger partial charge in [0.05, 0.1) is 0 Å². The molecule has 0 saturated carbocycles. The highest BCUT2D eigenvalue weighted by Gasteiger charge is 2.14. The molecule has 0 aliphatic carbocycles. The minimum atomic E-state index is 1.16. The van der Waals surface area contributed by atoms with Gasteiger partial charge in [-0.05, 0) is 65.3 Å². The molecule has 0 aromatic heterocycles. The summed E-state index contributed by atoms with van der Waals surface area (Å²) < 4.78 is 0. The van der Waals surface area contributed by atoms with Crippen molar-refractivity contribution in [2.24, 2.45) is 0 Å². The van der Waals surface area contributed by atoms with Crippen LogP contribution >= 0.6 is 0 Å². The molecule has 134 valence electrons. The van der Waals surface area contributed by atoms with Crippen molar-refractivity contribution in [1.29, 1.82) is 0 Å². The van der Waals surface area contributed by atoms with Crippen LogP contribution in [0.15, 0.2) is 97.6 Å². The first-order chi connectivity index (χ1) is 13.2. The van der Waals surface area contributed by atoms with Crippen molar-refractivity contribution < 1.29 is 0 Å². The molecule has 0 aliphatic heterocycles. The number of hydrogen-bond acceptors (Lipinski definition) is 0. The minimum absolute atomic E-state index is 1.16. The van der Waals surface area contributed by atoms with Crippen LogP contribution in [0.5, 0.6) is 0 Å². The molecule has 0 heterocycles. The number of aryl methyl sites for hydroxylation is 2. The summed E-state index contributed by atoms with van der Waals surface area (Å²) in [5.41, 5.74) is 9.85. The zero-order valence-electron chi connectivity index (χ0n) is 16.4. The van der Waals surface area contributed by atoms with Gasteiger partial charge in [0.2, 0.25) is 0 Å². The molecule has 0 spiro atoms. The second-order valence-corrected chi connectivity index (χ2v) is 6.71. The SMILES string of the molecule is C=C/C(=C(\C=C/C)c1ccccc1-c1ccccc1C)c1ccccc1C. The average molecular weight is 351 g/mol. The normalized spacial score (nSPS) is 12.1.